The molecule has 2 heterocycles. The highest BCUT2D eigenvalue weighted by Gasteiger charge is 2.39. The molecule has 22 heteroatoms. The normalized spacial score (nSPS) is 14.7. The van der Waals surface area contributed by atoms with Crippen LogP contribution in [0.1, 0.15) is 60.7 Å². The molecule has 6 amide bonds. The Bertz CT molecular complexity index is 1890. The second-order valence-electron chi connectivity index (χ2n) is 16.8. The van der Waals surface area contributed by atoms with Gasteiger partial charge in [-0.05, 0) is 74.6 Å². The van der Waals surface area contributed by atoms with Crippen molar-refractivity contribution in [1.29, 1.82) is 0 Å². The highest BCUT2D eigenvalue weighted by atomic mass is 35.5. The van der Waals surface area contributed by atoms with Gasteiger partial charge >= 0.3 is 12.1 Å². The van der Waals surface area contributed by atoms with Gasteiger partial charge in [0.15, 0.2) is 0 Å². The van der Waals surface area contributed by atoms with Crippen LogP contribution in [0, 0.1) is 0 Å². The monoisotopic (exact) mass is 1010 g/mol. The first kappa shape index (κ1) is 58.1. The molecule has 0 bridgehead atoms. The number of imide groups is 1. The van der Waals surface area contributed by atoms with E-state index in [9.17, 15) is 24.0 Å². The maximum absolute atomic E-state index is 13.0. The van der Waals surface area contributed by atoms with Crippen LogP contribution in [0.4, 0.5) is 15.3 Å². The average molecular weight is 1010 g/mol. The van der Waals surface area contributed by atoms with Crippen LogP contribution in [0.25, 0.3) is 0 Å². The maximum atomic E-state index is 13.0. The Morgan fingerprint density at radius 2 is 1.14 bits per heavy atom. The van der Waals surface area contributed by atoms with Crippen LogP contribution in [-0.2, 0) is 81.2 Å². The third-order valence-electron chi connectivity index (χ3n) is 10.1. The first-order valence-electron chi connectivity index (χ1n) is 23.7. The molecule has 70 heavy (non-hydrogen) atoms. The lowest BCUT2D eigenvalue weighted by Crippen LogP contribution is -2.52. The van der Waals surface area contributed by atoms with Crippen molar-refractivity contribution in [2.45, 2.75) is 64.8 Å². The summed E-state index contributed by atoms with van der Waals surface area (Å²) in [6.45, 7) is 15.1. The Morgan fingerprint density at radius 1 is 0.643 bits per heavy atom. The number of halogens is 1. The van der Waals surface area contributed by atoms with Crippen LogP contribution in [0.5, 0.6) is 0 Å². The molecule has 0 radical (unpaired) electrons. The van der Waals surface area contributed by atoms with Crippen molar-refractivity contribution in [3.63, 3.8) is 0 Å². The van der Waals surface area contributed by atoms with E-state index in [-0.39, 0.29) is 31.3 Å². The standard InChI is InChI=1S/C48H72ClN5O16/c1-48(2,3)70-47(59)50-9-11-61-13-15-63-17-19-65-21-23-67-25-27-69-29-28-68-26-24-66-22-20-64-18-16-62-14-12-60-10-8-36-31-39(49)33-40(32-36)52-46(58)51-34-37-4-5-41-38(30-37)35-54(45(41)57)42-6-7-43(55)53-44(42)56/h4-5,30-33,42H,6-29,34-35H2,1-3H3,(H,50,59)(H2,51,52,58)(H,53,55,56). The number of nitrogens with zero attached hydrogens (tertiary/aromatic N) is 1. The summed E-state index contributed by atoms with van der Waals surface area (Å²) in [6, 6.07) is 9.50. The van der Waals surface area contributed by atoms with Gasteiger partial charge in [-0.25, -0.2) is 9.59 Å². The minimum absolute atomic E-state index is 0.187. The summed E-state index contributed by atoms with van der Waals surface area (Å²) in [7, 11) is 0. The Balaban J connectivity index is 0.859. The molecule has 0 aromatic heterocycles. The van der Waals surface area contributed by atoms with Crippen LogP contribution in [-0.4, -0.2) is 185 Å². The number of fused-ring (bicyclic) bond motifs is 1. The van der Waals surface area contributed by atoms with Gasteiger partial charge in [-0.2, -0.15) is 0 Å². The van der Waals surface area contributed by atoms with Gasteiger partial charge in [0.1, 0.15) is 11.6 Å². The van der Waals surface area contributed by atoms with E-state index in [4.69, 9.17) is 63.7 Å². The highest BCUT2D eigenvalue weighted by molar-refractivity contribution is 6.31. The Labute approximate surface area is 415 Å². The molecular formula is C48H72ClN5O16. The molecule has 2 aliphatic heterocycles. The number of benzene rings is 2. The number of piperidine rings is 1. The Kier molecular flexibility index (Phi) is 28.2. The van der Waals surface area contributed by atoms with Crippen molar-refractivity contribution >= 4 is 47.1 Å². The predicted molar refractivity (Wildman–Crippen MR) is 256 cm³/mol. The van der Waals surface area contributed by atoms with Crippen molar-refractivity contribution in [2.24, 2.45) is 0 Å². The lowest BCUT2D eigenvalue weighted by atomic mass is 10.0. The summed E-state index contributed by atoms with van der Waals surface area (Å²) < 4.78 is 60.3. The van der Waals surface area contributed by atoms with E-state index in [2.05, 4.69) is 21.3 Å². The average Bonchev–Trinajstić information content (AvgIpc) is 3.63. The van der Waals surface area contributed by atoms with Crippen LogP contribution >= 0.6 is 11.6 Å². The molecule has 4 rings (SSSR count). The first-order valence-corrected chi connectivity index (χ1v) is 24.1. The molecule has 0 saturated carbocycles. The molecule has 2 aromatic carbocycles. The van der Waals surface area contributed by atoms with Crippen molar-refractivity contribution in [1.82, 2.24) is 20.9 Å². The minimum Gasteiger partial charge on any atom is -0.444 e. The third-order valence-corrected chi connectivity index (χ3v) is 10.3. The van der Waals surface area contributed by atoms with Gasteiger partial charge in [0.2, 0.25) is 11.8 Å². The van der Waals surface area contributed by atoms with Crippen LogP contribution < -0.4 is 21.3 Å². The molecular weight excluding hydrogens is 938 g/mol. The number of hydrogen-bond acceptors (Lipinski definition) is 16. The van der Waals surface area contributed by atoms with Crippen molar-refractivity contribution in [2.75, 3.05) is 144 Å². The Hall–Kier alpha value is -4.52. The van der Waals surface area contributed by atoms with E-state index in [1.54, 1.807) is 18.2 Å². The van der Waals surface area contributed by atoms with E-state index in [0.29, 0.717) is 168 Å². The number of carbonyl (C=O) groups excluding carboxylic acids is 5. The molecule has 2 aliphatic rings. The van der Waals surface area contributed by atoms with Gasteiger partial charge in [-0.3, -0.25) is 19.7 Å². The molecule has 0 aliphatic carbocycles. The SMILES string of the molecule is CC(C)(C)OC(=O)NCCOCCOCCOCCOCCOCCOCCOCCOCCOCCOCCc1cc(Cl)cc(NC(=O)NCc2ccc3c(c2)CN(C2CCC(=O)NC2=O)C3=O)c1. The lowest BCUT2D eigenvalue weighted by molar-refractivity contribution is -0.136. The van der Waals surface area contributed by atoms with E-state index in [1.807, 2.05) is 39.0 Å². The summed E-state index contributed by atoms with van der Waals surface area (Å²) in [5.41, 5.74) is 2.96. The molecule has 392 valence electrons. The molecule has 0 spiro atoms. The zero-order chi connectivity index (χ0) is 50.2. The van der Waals surface area contributed by atoms with Gasteiger partial charge in [-0.1, -0.05) is 23.7 Å². The number of amides is 6. The molecule has 1 fully saturated rings. The van der Waals surface area contributed by atoms with Crippen molar-refractivity contribution in [3.05, 3.63) is 63.7 Å². The number of ether oxygens (including phenoxy) is 11. The van der Waals surface area contributed by atoms with E-state index >= 15 is 0 Å². The molecule has 1 saturated heterocycles. The molecule has 4 N–H and O–H groups in total. The topological polar surface area (TPSA) is 238 Å². The lowest BCUT2D eigenvalue weighted by Gasteiger charge is -2.29. The summed E-state index contributed by atoms with van der Waals surface area (Å²) >= 11 is 6.34. The predicted octanol–water partition coefficient (Wildman–Crippen LogP) is 3.66. The number of rotatable bonds is 37. The van der Waals surface area contributed by atoms with Crippen LogP contribution in [0.3, 0.4) is 0 Å². The van der Waals surface area contributed by atoms with Gasteiger partial charge in [0, 0.05) is 42.3 Å². The summed E-state index contributed by atoms with van der Waals surface area (Å²) in [5, 5.41) is 11.1. The number of alkyl carbamates (subject to hydrolysis) is 1. The second-order valence-corrected chi connectivity index (χ2v) is 17.3. The van der Waals surface area contributed by atoms with E-state index in [1.165, 1.54) is 4.90 Å². The summed E-state index contributed by atoms with van der Waals surface area (Å²) in [4.78, 5) is 62.7. The van der Waals surface area contributed by atoms with Gasteiger partial charge < -0.3 is 73.0 Å². The quantitative estimate of drug-likeness (QED) is 0.0558. The van der Waals surface area contributed by atoms with E-state index < -0.39 is 29.7 Å². The fourth-order valence-corrected chi connectivity index (χ4v) is 7.03. The zero-order valence-electron chi connectivity index (χ0n) is 40.8. The molecule has 21 nitrogen and oxygen atoms in total. The minimum atomic E-state index is -0.688. The van der Waals surface area contributed by atoms with Crippen molar-refractivity contribution in [3.8, 4) is 0 Å². The number of urea groups is 1. The second kappa shape index (κ2) is 34.0. The van der Waals surface area contributed by atoms with Gasteiger partial charge in [0.05, 0.1) is 132 Å². The van der Waals surface area contributed by atoms with Crippen LogP contribution in [0.2, 0.25) is 5.02 Å². The largest absolute Gasteiger partial charge is 0.444 e. The first-order chi connectivity index (χ1) is 33.9. The number of nitrogens with one attached hydrogen (secondary N) is 4. The number of anilines is 1. The molecule has 2 aromatic rings. The maximum Gasteiger partial charge on any atom is 0.407 e. The Morgan fingerprint density at radius 3 is 1.64 bits per heavy atom. The summed E-state index contributed by atoms with van der Waals surface area (Å²) in [6.07, 6.45) is 0.594. The van der Waals surface area contributed by atoms with Gasteiger partial charge in [-0.15, -0.1) is 0 Å². The van der Waals surface area contributed by atoms with Crippen LogP contribution in [0.15, 0.2) is 36.4 Å². The third kappa shape index (κ3) is 25.0. The smallest absolute Gasteiger partial charge is 0.407 e. The fourth-order valence-electron chi connectivity index (χ4n) is 6.77. The highest BCUT2D eigenvalue weighted by Crippen LogP contribution is 2.28. The summed E-state index contributed by atoms with van der Waals surface area (Å²) in [5.74, 6) is -1.04. The van der Waals surface area contributed by atoms with E-state index in [0.717, 1.165) is 16.7 Å². The molecule has 1 unspecified atom stereocenters. The zero-order valence-corrected chi connectivity index (χ0v) is 41.5. The number of hydrogen-bond donors (Lipinski definition) is 4. The molecule has 1 atom stereocenters. The fraction of sp³-hybridized carbons (Fsp3) is 0.646. The number of carbonyl (C=O) groups is 5. The van der Waals surface area contributed by atoms with Crippen molar-refractivity contribution < 1.29 is 76.1 Å². The van der Waals surface area contributed by atoms with Gasteiger partial charge in [0.25, 0.3) is 5.91 Å².